The fourth-order valence-electron chi connectivity index (χ4n) is 2.54. The number of sulfonamides is 1. The third-order valence-electron chi connectivity index (χ3n) is 3.83. The van der Waals surface area contributed by atoms with E-state index < -0.39 is 10.0 Å². The molecule has 6 nitrogen and oxygen atoms in total. The molecule has 1 aromatic carbocycles. The summed E-state index contributed by atoms with van der Waals surface area (Å²) in [5.74, 6) is 0. The molecular weight excluding hydrogens is 300 g/mol. The van der Waals surface area contributed by atoms with E-state index in [-0.39, 0.29) is 10.9 Å². The van der Waals surface area contributed by atoms with Crippen molar-refractivity contribution in [1.29, 1.82) is 0 Å². The topological polar surface area (TPSA) is 67.2 Å². The van der Waals surface area contributed by atoms with Gasteiger partial charge in [0.05, 0.1) is 18.1 Å². The Bertz CT molecular complexity index is 752. The quantitative estimate of drug-likeness (QED) is 0.922. The highest BCUT2D eigenvalue weighted by atomic mass is 32.2. The molecule has 7 heteroatoms. The van der Waals surface area contributed by atoms with Crippen molar-refractivity contribution in [3.63, 3.8) is 0 Å². The maximum Gasteiger partial charge on any atom is 0.246 e. The monoisotopic (exact) mass is 320 g/mol. The van der Waals surface area contributed by atoms with Crippen LogP contribution in [0.5, 0.6) is 0 Å². The van der Waals surface area contributed by atoms with E-state index in [1.807, 2.05) is 38.1 Å². The molecule has 0 radical (unpaired) electrons. The molecule has 0 bridgehead atoms. The summed E-state index contributed by atoms with van der Waals surface area (Å²) < 4.78 is 28.5. The highest BCUT2D eigenvalue weighted by Crippen LogP contribution is 2.18. The Kier molecular flexibility index (Phi) is 4.03. The Morgan fingerprint density at radius 2 is 2.00 bits per heavy atom. The van der Waals surface area contributed by atoms with Crippen LogP contribution < -0.4 is 5.32 Å². The van der Waals surface area contributed by atoms with Gasteiger partial charge in [-0.1, -0.05) is 17.7 Å². The average molecular weight is 320 g/mol. The second kappa shape index (κ2) is 5.83. The van der Waals surface area contributed by atoms with E-state index in [4.69, 9.17) is 0 Å². The number of piperazine rings is 1. The van der Waals surface area contributed by atoms with Crippen molar-refractivity contribution in [1.82, 2.24) is 19.4 Å². The standard InChI is InChI=1S/C15H20N4O2S/c1-12-3-5-14(6-4-12)19-11-15(9-17-19)22(20,21)18-8-7-16-13(2)10-18/h3-6,9,11,13,16H,7-8,10H2,1-2H3/t13-/m0/s1. The van der Waals surface area contributed by atoms with Crippen molar-refractivity contribution < 1.29 is 8.42 Å². The fraction of sp³-hybridized carbons (Fsp3) is 0.400. The van der Waals surface area contributed by atoms with E-state index in [9.17, 15) is 8.42 Å². The van der Waals surface area contributed by atoms with E-state index >= 15 is 0 Å². The maximum atomic E-state index is 12.7. The van der Waals surface area contributed by atoms with Crippen molar-refractivity contribution in [2.45, 2.75) is 24.8 Å². The van der Waals surface area contributed by atoms with Crippen molar-refractivity contribution in [2.24, 2.45) is 0 Å². The number of nitrogens with one attached hydrogen (secondary N) is 1. The summed E-state index contributed by atoms with van der Waals surface area (Å²) in [5, 5.41) is 7.44. The Hall–Kier alpha value is -1.70. The minimum atomic E-state index is -3.48. The predicted molar refractivity (Wildman–Crippen MR) is 84.5 cm³/mol. The van der Waals surface area contributed by atoms with Gasteiger partial charge in [-0.2, -0.15) is 9.40 Å². The molecular formula is C15H20N4O2S. The van der Waals surface area contributed by atoms with Crippen molar-refractivity contribution >= 4 is 10.0 Å². The van der Waals surface area contributed by atoms with Gasteiger partial charge < -0.3 is 5.32 Å². The lowest BCUT2D eigenvalue weighted by Crippen LogP contribution is -2.51. The van der Waals surface area contributed by atoms with Crippen LogP contribution in [-0.4, -0.2) is 48.2 Å². The summed E-state index contributed by atoms with van der Waals surface area (Å²) in [6, 6.07) is 7.96. The Balaban J connectivity index is 1.87. The van der Waals surface area contributed by atoms with E-state index in [0.717, 1.165) is 11.3 Å². The van der Waals surface area contributed by atoms with Gasteiger partial charge in [0, 0.05) is 25.7 Å². The van der Waals surface area contributed by atoms with Crippen LogP contribution in [0.15, 0.2) is 41.6 Å². The van der Waals surface area contributed by atoms with Gasteiger partial charge in [0.1, 0.15) is 4.90 Å². The first kappa shape index (κ1) is 15.2. The summed E-state index contributed by atoms with van der Waals surface area (Å²) in [6.07, 6.45) is 2.99. The molecule has 1 saturated heterocycles. The first-order valence-corrected chi connectivity index (χ1v) is 8.76. The van der Waals surface area contributed by atoms with Crippen LogP contribution in [0, 0.1) is 6.92 Å². The number of nitrogens with zero attached hydrogens (tertiary/aromatic N) is 3. The van der Waals surface area contributed by atoms with Gasteiger partial charge in [-0.15, -0.1) is 0 Å². The SMILES string of the molecule is Cc1ccc(-n2cc(S(=O)(=O)N3CCN[C@@H](C)C3)cn2)cc1. The Labute approximate surface area is 130 Å². The Morgan fingerprint density at radius 1 is 1.27 bits per heavy atom. The summed E-state index contributed by atoms with van der Waals surface area (Å²) in [7, 11) is -3.48. The van der Waals surface area contributed by atoms with Crippen LogP contribution in [0.25, 0.3) is 5.69 Å². The molecule has 1 aromatic heterocycles. The zero-order valence-corrected chi connectivity index (χ0v) is 13.5. The smallest absolute Gasteiger partial charge is 0.246 e. The van der Waals surface area contributed by atoms with Gasteiger partial charge in [-0.05, 0) is 26.0 Å². The average Bonchev–Trinajstić information content (AvgIpc) is 2.98. The van der Waals surface area contributed by atoms with Crippen LogP contribution >= 0.6 is 0 Å². The van der Waals surface area contributed by atoms with Gasteiger partial charge in [0.15, 0.2) is 0 Å². The lowest BCUT2D eigenvalue weighted by Gasteiger charge is -2.30. The van der Waals surface area contributed by atoms with Crippen molar-refractivity contribution in [2.75, 3.05) is 19.6 Å². The van der Waals surface area contributed by atoms with Crippen LogP contribution in [0.2, 0.25) is 0 Å². The molecule has 0 amide bonds. The molecule has 2 aromatic rings. The van der Waals surface area contributed by atoms with E-state index in [1.165, 1.54) is 10.5 Å². The minimum Gasteiger partial charge on any atom is -0.312 e. The van der Waals surface area contributed by atoms with Crippen molar-refractivity contribution in [3.05, 3.63) is 42.2 Å². The second-order valence-electron chi connectivity index (χ2n) is 5.67. The summed E-state index contributed by atoms with van der Waals surface area (Å²) in [5.41, 5.74) is 2.00. The number of aromatic nitrogens is 2. The third kappa shape index (κ3) is 2.92. The van der Waals surface area contributed by atoms with Crippen LogP contribution in [0.3, 0.4) is 0 Å². The number of aryl methyl sites for hydroxylation is 1. The molecule has 0 saturated carbocycles. The highest BCUT2D eigenvalue weighted by Gasteiger charge is 2.29. The van der Waals surface area contributed by atoms with E-state index in [2.05, 4.69) is 10.4 Å². The molecule has 1 N–H and O–H groups in total. The molecule has 118 valence electrons. The van der Waals surface area contributed by atoms with Gasteiger partial charge in [0.25, 0.3) is 0 Å². The number of hydrogen-bond acceptors (Lipinski definition) is 4. The highest BCUT2D eigenvalue weighted by molar-refractivity contribution is 7.89. The molecule has 1 aliphatic rings. The van der Waals surface area contributed by atoms with Crippen LogP contribution in [0.1, 0.15) is 12.5 Å². The van der Waals surface area contributed by atoms with Gasteiger partial charge >= 0.3 is 0 Å². The van der Waals surface area contributed by atoms with Gasteiger partial charge in [0.2, 0.25) is 10.0 Å². The number of benzene rings is 1. The largest absolute Gasteiger partial charge is 0.312 e. The zero-order chi connectivity index (χ0) is 15.7. The molecule has 1 fully saturated rings. The molecule has 0 aliphatic carbocycles. The molecule has 1 aliphatic heterocycles. The Morgan fingerprint density at radius 3 is 2.68 bits per heavy atom. The maximum absolute atomic E-state index is 12.7. The molecule has 1 atom stereocenters. The second-order valence-corrected chi connectivity index (χ2v) is 7.61. The van der Waals surface area contributed by atoms with Crippen LogP contribution in [0.4, 0.5) is 0 Å². The summed E-state index contributed by atoms with van der Waals surface area (Å²) in [6.45, 7) is 5.64. The lowest BCUT2D eigenvalue weighted by molar-refractivity contribution is 0.310. The number of rotatable bonds is 3. The molecule has 0 unspecified atom stereocenters. The van der Waals surface area contributed by atoms with E-state index in [0.29, 0.717) is 19.6 Å². The first-order valence-electron chi connectivity index (χ1n) is 7.32. The number of hydrogen-bond donors (Lipinski definition) is 1. The van der Waals surface area contributed by atoms with Crippen molar-refractivity contribution in [3.8, 4) is 5.69 Å². The molecule has 2 heterocycles. The molecule has 3 rings (SSSR count). The summed E-state index contributed by atoms with van der Waals surface area (Å²) >= 11 is 0. The van der Waals surface area contributed by atoms with Crippen LogP contribution in [-0.2, 0) is 10.0 Å². The minimum absolute atomic E-state index is 0.163. The lowest BCUT2D eigenvalue weighted by atomic mass is 10.2. The normalized spacial score (nSPS) is 20.2. The van der Waals surface area contributed by atoms with E-state index in [1.54, 1.807) is 10.9 Å². The summed E-state index contributed by atoms with van der Waals surface area (Å²) in [4.78, 5) is 0.238. The van der Waals surface area contributed by atoms with Gasteiger partial charge in [-0.3, -0.25) is 0 Å². The first-order chi connectivity index (χ1) is 10.5. The predicted octanol–water partition coefficient (Wildman–Crippen LogP) is 1.16. The zero-order valence-electron chi connectivity index (χ0n) is 12.7. The third-order valence-corrected chi connectivity index (χ3v) is 5.64. The van der Waals surface area contributed by atoms with Gasteiger partial charge in [-0.25, -0.2) is 13.1 Å². The molecule has 0 spiro atoms. The fourth-order valence-corrected chi connectivity index (χ4v) is 4.01. The molecule has 22 heavy (non-hydrogen) atoms.